The topological polar surface area (TPSA) is 180 Å². The van der Waals surface area contributed by atoms with Crippen LogP contribution in [0.3, 0.4) is 0 Å². The maximum atomic E-state index is 4.17. The van der Waals surface area contributed by atoms with Gasteiger partial charge in [0.15, 0.2) is 0 Å². The first kappa shape index (κ1) is 124. The Balaban J connectivity index is -0.000000152. The van der Waals surface area contributed by atoms with Crippen LogP contribution in [0.5, 0.6) is 0 Å². The van der Waals surface area contributed by atoms with Crippen molar-refractivity contribution < 1.29 is 0 Å². The summed E-state index contributed by atoms with van der Waals surface area (Å²) < 4.78 is 0. The molecule has 0 atom stereocenters. The molecule has 0 fully saturated rings. The van der Waals surface area contributed by atoms with E-state index in [-0.39, 0.29) is 0 Å². The normalized spacial score (nSPS) is 8.26. The Kier molecular flexibility index (Phi) is 95.9. The Labute approximate surface area is 711 Å². The molecule has 13 rings (SSSR count). The van der Waals surface area contributed by atoms with Gasteiger partial charge in [-0.3, -0.25) is 49.8 Å². The molecule has 0 unspecified atom stereocenters. The van der Waals surface area contributed by atoms with Crippen LogP contribution in [-0.2, 0) is 0 Å². The average Bonchev–Trinajstić information content (AvgIpc) is 0.797. The van der Waals surface area contributed by atoms with Gasteiger partial charge in [-0.15, -0.1) is 0 Å². The van der Waals surface area contributed by atoms with Gasteiger partial charge in [-0.2, -0.15) is 0 Å². The smallest absolute Gasteiger partial charge is 0.125 e. The first-order valence-corrected chi connectivity index (χ1v) is 42.1. The third-order valence-electron chi connectivity index (χ3n) is 12.5. The van der Waals surface area contributed by atoms with Gasteiger partial charge in [-0.05, 0) is 266 Å². The van der Waals surface area contributed by atoms with Crippen LogP contribution in [0.25, 0.3) is 21.5 Å². The number of hydrogen-bond donors (Lipinski definition) is 0. The third kappa shape index (κ3) is 76.1. The van der Waals surface area contributed by atoms with Gasteiger partial charge in [0.05, 0.1) is 22.8 Å². The first-order valence-electron chi connectivity index (χ1n) is 42.1. The van der Waals surface area contributed by atoms with Crippen molar-refractivity contribution in [2.24, 2.45) is 0 Å². The van der Waals surface area contributed by atoms with Crippen LogP contribution < -0.4 is 0 Å². The zero-order valence-electron chi connectivity index (χ0n) is 81.0. The van der Waals surface area contributed by atoms with Crippen LogP contribution in [0, 0.1) is 138 Å². The standard InChI is InChI=1S/C16H14.4C7H9N.4C6H8N2.2C6H7N.11C2H6/c1-11-3-5-13-10-16-8-12(2)4-6-14(16)9-15(13)7-11;1-6-3-7(2)5-8-4-6;2*1-6-3-4-8-7(2)5-6;1-6-4-3-5-7(2)8-6;2*1-5-3-8-6(2)4-7-5;2*1-5-3-7-6(2)8-4-5;1-6-3-2-4-7-5-6;1-6-4-2-3-5-7-6;11*1-2/h3-10H,1-2H3;4*3-5H,1-2H3;4*3-4H,1-2H3;2*2-5H,1H3;11*1-2H3. The second kappa shape index (κ2) is 89.9. The predicted octanol–water partition coefficient (Wildman–Crippen LogP) is 29.8. The average molecular weight is 1580 g/mol. The van der Waals surface area contributed by atoms with Gasteiger partial charge in [-0.1, -0.05) is 224 Å². The highest BCUT2D eigenvalue weighted by Crippen LogP contribution is 2.24. The summed E-state index contributed by atoms with van der Waals surface area (Å²) >= 11 is 0. The van der Waals surface area contributed by atoms with E-state index in [0.717, 1.165) is 74.0 Å². The monoisotopic (exact) mass is 1580 g/mol. The molecule has 0 spiro atoms. The van der Waals surface area contributed by atoms with Crippen LogP contribution in [0.1, 0.15) is 265 Å². The van der Waals surface area contributed by atoms with Crippen molar-refractivity contribution >= 4 is 21.5 Å². The minimum absolute atomic E-state index is 0.829. The molecule has 0 aliphatic rings. The summed E-state index contributed by atoms with van der Waals surface area (Å²) in [7, 11) is 0. The van der Waals surface area contributed by atoms with Crippen molar-refractivity contribution in [2.75, 3.05) is 0 Å². The minimum Gasteiger partial charge on any atom is -0.264 e. The number of aryl methyl sites for hydroxylation is 20. The summed E-state index contributed by atoms with van der Waals surface area (Å²) in [6.45, 7) is 83.8. The molecule has 0 radical (unpaired) electrons. The van der Waals surface area contributed by atoms with Crippen molar-refractivity contribution in [1.82, 2.24) is 69.8 Å². The van der Waals surface area contributed by atoms with Crippen LogP contribution in [-0.4, -0.2) is 69.8 Å². The summed E-state index contributed by atoms with van der Waals surface area (Å²) in [5, 5.41) is 5.31. The highest BCUT2D eigenvalue weighted by molar-refractivity contribution is 5.98. The molecule has 0 saturated heterocycles. The highest BCUT2D eigenvalue weighted by atomic mass is 14.9. The van der Waals surface area contributed by atoms with Gasteiger partial charge in [0.2, 0.25) is 0 Å². The lowest BCUT2D eigenvalue weighted by atomic mass is 10.0. The minimum atomic E-state index is 0.829. The Morgan fingerprint density at radius 2 is 0.466 bits per heavy atom. The quantitative estimate of drug-likeness (QED) is 0.131. The maximum absolute atomic E-state index is 4.17. The van der Waals surface area contributed by atoms with E-state index in [1.54, 1.807) is 37.2 Å². The van der Waals surface area contributed by atoms with Crippen LogP contribution >= 0.6 is 0 Å². The number of hydrogen-bond acceptors (Lipinski definition) is 14. The van der Waals surface area contributed by atoms with E-state index in [0.29, 0.717) is 0 Å². The summed E-state index contributed by atoms with van der Waals surface area (Å²) in [5.74, 6) is 1.66. The van der Waals surface area contributed by atoms with Crippen LogP contribution in [0.4, 0.5) is 0 Å². The summed E-state index contributed by atoms with van der Waals surface area (Å²) in [6.07, 6.45) is 27.0. The van der Waals surface area contributed by atoms with E-state index < -0.39 is 0 Å². The number of nitrogens with zero attached hydrogens (tertiary/aromatic N) is 14. The van der Waals surface area contributed by atoms with Crippen molar-refractivity contribution in [1.29, 1.82) is 0 Å². The molecule has 0 amide bonds. The van der Waals surface area contributed by atoms with E-state index in [4.69, 9.17) is 0 Å². The molecule has 3 aromatic carbocycles. The fourth-order valence-corrected chi connectivity index (χ4v) is 7.72. The molecule has 10 heterocycles. The molecule has 0 aliphatic heterocycles. The van der Waals surface area contributed by atoms with Crippen LogP contribution in [0.15, 0.2) is 220 Å². The van der Waals surface area contributed by atoms with Gasteiger partial charge in [-0.25, -0.2) is 19.9 Å². The molecule has 0 saturated carbocycles. The summed E-state index contributed by atoms with van der Waals surface area (Å²) in [6, 6.07) is 43.8. The van der Waals surface area contributed by atoms with E-state index >= 15 is 0 Å². The molecule has 0 N–H and O–H groups in total. The largest absolute Gasteiger partial charge is 0.264 e. The lowest BCUT2D eigenvalue weighted by Gasteiger charge is -2.04. The molecule has 640 valence electrons. The van der Waals surface area contributed by atoms with Crippen LogP contribution in [0.2, 0.25) is 0 Å². The highest BCUT2D eigenvalue weighted by Gasteiger charge is 1.99. The first-order chi connectivity index (χ1) is 55.8. The van der Waals surface area contributed by atoms with E-state index in [2.05, 4.69) is 164 Å². The Hall–Kier alpha value is -10.6. The van der Waals surface area contributed by atoms with Gasteiger partial charge >= 0.3 is 0 Å². The second-order valence-electron chi connectivity index (χ2n) is 22.7. The molecular formula is C102H162N14. The zero-order valence-corrected chi connectivity index (χ0v) is 81.0. The third-order valence-corrected chi connectivity index (χ3v) is 12.5. The summed E-state index contributed by atoms with van der Waals surface area (Å²) in [5.41, 5.74) is 20.4. The van der Waals surface area contributed by atoms with Gasteiger partial charge in [0, 0.05) is 121 Å². The van der Waals surface area contributed by atoms with E-state index in [1.807, 2.05) is 380 Å². The fourth-order valence-electron chi connectivity index (χ4n) is 7.72. The number of fused-ring (bicyclic) bond motifs is 2. The molecule has 0 bridgehead atoms. The second-order valence-corrected chi connectivity index (χ2v) is 22.7. The van der Waals surface area contributed by atoms with Gasteiger partial charge in [0.25, 0.3) is 0 Å². The number of pyridine rings is 6. The Bertz CT molecular complexity index is 3570. The molecular weight excluding hydrogens is 1420 g/mol. The number of benzene rings is 3. The Morgan fingerprint density at radius 1 is 0.155 bits per heavy atom. The predicted molar refractivity (Wildman–Crippen MR) is 515 cm³/mol. The van der Waals surface area contributed by atoms with Gasteiger partial charge < -0.3 is 0 Å². The number of aromatic nitrogens is 14. The molecule has 13 aromatic rings. The number of rotatable bonds is 0. The lowest BCUT2D eigenvalue weighted by Crippen LogP contribution is -1.84. The molecule has 14 heteroatoms. The zero-order chi connectivity index (χ0) is 91.2. The lowest BCUT2D eigenvalue weighted by molar-refractivity contribution is 1.03. The van der Waals surface area contributed by atoms with Crippen molar-refractivity contribution in [3.05, 3.63) is 333 Å². The van der Waals surface area contributed by atoms with Crippen molar-refractivity contribution in [3.8, 4) is 0 Å². The summed E-state index contributed by atoms with van der Waals surface area (Å²) in [4.78, 5) is 56.0. The van der Waals surface area contributed by atoms with Crippen molar-refractivity contribution in [3.63, 3.8) is 0 Å². The molecule has 116 heavy (non-hydrogen) atoms. The molecule has 10 aromatic heterocycles. The van der Waals surface area contributed by atoms with Gasteiger partial charge in [0.1, 0.15) is 11.6 Å². The van der Waals surface area contributed by atoms with E-state index in [1.165, 1.54) is 60.5 Å². The molecule has 0 aliphatic carbocycles. The Morgan fingerprint density at radius 3 is 0.664 bits per heavy atom. The van der Waals surface area contributed by atoms with E-state index in [9.17, 15) is 0 Å². The fraction of sp³-hybridized carbons (Fsp3) is 0.412. The maximum Gasteiger partial charge on any atom is 0.125 e. The van der Waals surface area contributed by atoms with Crippen molar-refractivity contribution in [2.45, 2.75) is 291 Å². The SMILES string of the molecule is CC.CC.CC.CC.CC.CC.CC.CC.CC.CC.CC.Cc1ccc2cc3cc(C)ccc3cc2c1.Cc1cccc(C)n1.Cc1ccccn1.Cc1cccnc1.Cc1ccnc(C)c1.Cc1ccnc(C)c1.Cc1cnc(C)cn1.Cc1cnc(C)cn1.Cc1cnc(C)nc1.Cc1cnc(C)nc1.Cc1cncc(C)c1. The molecule has 14 nitrogen and oxygen atoms in total.